The fourth-order valence-corrected chi connectivity index (χ4v) is 5.71. The molecular weight excluding hydrogens is 472 g/mol. The van der Waals surface area contributed by atoms with Gasteiger partial charge in [-0.2, -0.15) is 0 Å². The SMILES string of the molecule is COc1ccc(C2CC3CSC(NC(=O)c4ccccc4)=NC3(c3ccc(F)cc3F)CO2)cn1. The van der Waals surface area contributed by atoms with Crippen molar-refractivity contribution >= 4 is 22.8 Å². The van der Waals surface area contributed by atoms with Gasteiger partial charge < -0.3 is 14.8 Å². The summed E-state index contributed by atoms with van der Waals surface area (Å²) in [7, 11) is 1.55. The fourth-order valence-electron chi connectivity index (χ4n) is 4.55. The number of carbonyl (C=O) groups excluding carboxylic acids is 1. The van der Waals surface area contributed by atoms with Gasteiger partial charge in [-0.25, -0.2) is 18.8 Å². The van der Waals surface area contributed by atoms with Crippen molar-refractivity contribution in [3.8, 4) is 5.88 Å². The van der Waals surface area contributed by atoms with Crippen molar-refractivity contribution in [3.05, 3.63) is 95.2 Å². The molecule has 2 aliphatic heterocycles. The van der Waals surface area contributed by atoms with E-state index in [0.29, 0.717) is 28.8 Å². The highest BCUT2D eigenvalue weighted by molar-refractivity contribution is 8.13. The number of aromatic nitrogens is 1. The zero-order valence-electron chi connectivity index (χ0n) is 18.9. The van der Waals surface area contributed by atoms with Crippen LogP contribution in [0.25, 0.3) is 0 Å². The van der Waals surface area contributed by atoms with Crippen molar-refractivity contribution in [2.45, 2.75) is 18.1 Å². The Morgan fingerprint density at radius 2 is 2.00 bits per heavy atom. The molecule has 0 radical (unpaired) electrons. The van der Waals surface area contributed by atoms with Crippen LogP contribution in [0.5, 0.6) is 5.88 Å². The van der Waals surface area contributed by atoms with Gasteiger partial charge >= 0.3 is 0 Å². The van der Waals surface area contributed by atoms with E-state index >= 15 is 4.39 Å². The topological polar surface area (TPSA) is 72.8 Å². The van der Waals surface area contributed by atoms with Gasteiger partial charge in [0.2, 0.25) is 5.88 Å². The summed E-state index contributed by atoms with van der Waals surface area (Å²) in [5.41, 5.74) is 0.531. The second kappa shape index (κ2) is 9.75. The summed E-state index contributed by atoms with van der Waals surface area (Å²) in [6, 6.07) is 16.0. The maximum atomic E-state index is 15.1. The van der Waals surface area contributed by atoms with E-state index in [0.717, 1.165) is 11.6 Å². The summed E-state index contributed by atoms with van der Waals surface area (Å²) in [4.78, 5) is 21.8. The smallest absolute Gasteiger partial charge is 0.257 e. The Morgan fingerprint density at radius 3 is 2.71 bits per heavy atom. The lowest BCUT2D eigenvalue weighted by molar-refractivity contribution is -0.0590. The molecule has 3 unspecified atom stereocenters. The number of benzene rings is 2. The number of fused-ring (bicyclic) bond motifs is 1. The number of carbonyl (C=O) groups is 1. The van der Waals surface area contributed by atoms with E-state index in [1.54, 1.807) is 43.6 Å². The summed E-state index contributed by atoms with van der Waals surface area (Å²) in [5, 5.41) is 3.23. The molecule has 6 nitrogen and oxygen atoms in total. The molecule has 3 atom stereocenters. The van der Waals surface area contributed by atoms with Crippen molar-refractivity contribution in [2.75, 3.05) is 19.5 Å². The van der Waals surface area contributed by atoms with Gasteiger partial charge in [-0.1, -0.05) is 36.0 Å². The normalized spacial score (nSPS) is 23.7. The Hall–Kier alpha value is -3.30. The third-order valence-electron chi connectivity index (χ3n) is 6.39. The zero-order valence-corrected chi connectivity index (χ0v) is 19.7. The lowest BCUT2D eigenvalue weighted by Gasteiger charge is -2.46. The van der Waals surface area contributed by atoms with Crippen molar-refractivity contribution < 1.29 is 23.0 Å². The Balaban J connectivity index is 1.47. The minimum Gasteiger partial charge on any atom is -0.481 e. The summed E-state index contributed by atoms with van der Waals surface area (Å²) in [6.07, 6.45) is 2.01. The molecule has 0 saturated carbocycles. The number of nitrogens with zero attached hydrogens (tertiary/aromatic N) is 2. The second-order valence-electron chi connectivity index (χ2n) is 8.46. The number of hydrogen-bond acceptors (Lipinski definition) is 6. The first kappa shape index (κ1) is 23.4. The van der Waals surface area contributed by atoms with Gasteiger partial charge in [-0.15, -0.1) is 0 Å². The second-order valence-corrected chi connectivity index (χ2v) is 9.47. The summed E-state index contributed by atoms with van der Waals surface area (Å²) in [6.45, 7) is 0.0716. The number of aliphatic imine (C=N–C) groups is 1. The molecule has 5 rings (SSSR count). The molecule has 1 saturated heterocycles. The van der Waals surface area contributed by atoms with Crippen LogP contribution in [-0.2, 0) is 10.3 Å². The molecule has 2 aromatic carbocycles. The first-order valence-corrected chi connectivity index (χ1v) is 12.1. The minimum absolute atomic E-state index is 0.0716. The lowest BCUT2D eigenvalue weighted by atomic mass is 9.74. The molecule has 0 aliphatic carbocycles. The minimum atomic E-state index is -1.10. The summed E-state index contributed by atoms with van der Waals surface area (Å²) in [5.74, 6) is -0.690. The fraction of sp³-hybridized carbons (Fsp3) is 0.269. The number of halogens is 2. The monoisotopic (exact) mass is 495 g/mol. The highest BCUT2D eigenvalue weighted by Crippen LogP contribution is 2.49. The Morgan fingerprint density at radius 1 is 1.17 bits per heavy atom. The number of rotatable bonds is 4. The molecule has 1 amide bonds. The highest BCUT2D eigenvalue weighted by atomic mass is 32.2. The highest BCUT2D eigenvalue weighted by Gasteiger charge is 2.50. The van der Waals surface area contributed by atoms with Crippen molar-refractivity contribution in [1.29, 1.82) is 0 Å². The Kier molecular flexibility index (Phi) is 6.53. The molecule has 0 spiro atoms. The molecule has 3 aromatic rings. The van der Waals surface area contributed by atoms with Crippen LogP contribution in [0.3, 0.4) is 0 Å². The van der Waals surface area contributed by atoms with Crippen molar-refractivity contribution in [3.63, 3.8) is 0 Å². The number of methoxy groups -OCH3 is 1. The third-order valence-corrected chi connectivity index (χ3v) is 7.43. The van der Waals surface area contributed by atoms with Crippen LogP contribution in [0.1, 0.15) is 34.0 Å². The molecule has 35 heavy (non-hydrogen) atoms. The van der Waals surface area contributed by atoms with E-state index in [1.165, 1.54) is 23.9 Å². The van der Waals surface area contributed by atoms with Crippen molar-refractivity contribution in [2.24, 2.45) is 10.9 Å². The van der Waals surface area contributed by atoms with E-state index in [-0.39, 0.29) is 30.1 Å². The van der Waals surface area contributed by atoms with Crippen LogP contribution in [0.2, 0.25) is 0 Å². The molecule has 2 aliphatic rings. The number of nitrogens with one attached hydrogen (secondary N) is 1. The largest absolute Gasteiger partial charge is 0.481 e. The van der Waals surface area contributed by atoms with Gasteiger partial charge in [-0.05, 0) is 36.2 Å². The predicted molar refractivity (Wildman–Crippen MR) is 129 cm³/mol. The Bertz CT molecular complexity index is 1260. The molecule has 9 heteroatoms. The van der Waals surface area contributed by atoms with E-state index in [4.69, 9.17) is 14.5 Å². The average Bonchev–Trinajstić information content (AvgIpc) is 2.88. The van der Waals surface area contributed by atoms with Gasteiger partial charge in [0, 0.05) is 41.1 Å². The molecule has 0 bridgehead atoms. The number of thioether (sulfide) groups is 1. The van der Waals surface area contributed by atoms with Crippen molar-refractivity contribution in [1.82, 2.24) is 10.3 Å². The van der Waals surface area contributed by atoms with E-state index < -0.39 is 17.2 Å². The molecular formula is C26H23F2N3O3S. The number of pyridine rings is 1. The van der Waals surface area contributed by atoms with Crippen LogP contribution in [-0.4, -0.2) is 35.5 Å². The van der Waals surface area contributed by atoms with Gasteiger partial charge in [0.1, 0.15) is 17.2 Å². The van der Waals surface area contributed by atoms with Gasteiger partial charge in [0.15, 0.2) is 5.17 Å². The number of amides is 1. The Labute approximate surface area is 205 Å². The van der Waals surface area contributed by atoms with E-state index in [9.17, 15) is 9.18 Å². The maximum Gasteiger partial charge on any atom is 0.257 e. The van der Waals surface area contributed by atoms with Gasteiger partial charge in [0.25, 0.3) is 5.91 Å². The standard InChI is InChI=1S/C26H23F2N3O3S/c1-33-23-10-7-17(13-29-23)22-11-18-14-35-25(30-24(32)16-5-3-2-4-6-16)31-26(18,15-34-22)20-9-8-19(27)12-21(20)28/h2-10,12-13,18,22H,11,14-15H2,1H3,(H,30,31,32). The predicted octanol–water partition coefficient (Wildman–Crippen LogP) is 4.87. The summed E-state index contributed by atoms with van der Waals surface area (Å²) >= 11 is 1.41. The van der Waals surface area contributed by atoms with E-state index in [1.807, 2.05) is 12.1 Å². The molecule has 1 N–H and O–H groups in total. The van der Waals surface area contributed by atoms with Crippen LogP contribution in [0.15, 0.2) is 71.9 Å². The summed E-state index contributed by atoms with van der Waals surface area (Å²) < 4.78 is 40.2. The van der Waals surface area contributed by atoms with E-state index in [2.05, 4.69) is 10.3 Å². The first-order valence-electron chi connectivity index (χ1n) is 11.1. The quantitative estimate of drug-likeness (QED) is 0.559. The molecule has 1 aromatic heterocycles. The van der Waals surface area contributed by atoms with Crippen LogP contribution >= 0.6 is 11.8 Å². The van der Waals surface area contributed by atoms with Gasteiger partial charge in [-0.3, -0.25) is 4.79 Å². The van der Waals surface area contributed by atoms with Crippen LogP contribution < -0.4 is 10.1 Å². The number of amidine groups is 1. The molecule has 1 fully saturated rings. The molecule has 180 valence electrons. The number of ether oxygens (including phenoxy) is 2. The van der Waals surface area contributed by atoms with Crippen LogP contribution in [0, 0.1) is 17.6 Å². The zero-order chi connectivity index (χ0) is 24.4. The maximum absolute atomic E-state index is 15.1. The lowest BCUT2D eigenvalue weighted by Crippen LogP contribution is -2.49. The third kappa shape index (κ3) is 4.66. The number of hydrogen-bond donors (Lipinski definition) is 1. The van der Waals surface area contributed by atoms with Crippen LogP contribution in [0.4, 0.5) is 8.78 Å². The first-order chi connectivity index (χ1) is 17.0. The average molecular weight is 496 g/mol. The molecule has 3 heterocycles. The van der Waals surface area contributed by atoms with Gasteiger partial charge in [0.05, 0.1) is 19.8 Å².